The Morgan fingerprint density at radius 1 is 0.657 bits per heavy atom. The fourth-order valence-electron chi connectivity index (χ4n) is 3.19. The average molecular weight is 507 g/mol. The smallest absolute Gasteiger partial charge is 0.309 e. The molecule has 0 amide bonds. The number of aliphatic hydroxyl groups excluding tert-OH is 2. The molecule has 0 aliphatic carbocycles. The van der Waals surface area contributed by atoms with E-state index in [4.69, 9.17) is 25.2 Å². The Balaban J connectivity index is -0.000000454. The van der Waals surface area contributed by atoms with E-state index >= 15 is 0 Å². The standard InChI is InChI=1S/C11H22O4.2C8H16O2/c1-3-5-6-9(4-2)11(14)15-8-10(13)7-12;2*1-3-5-6-7(4-2)8(9)10/h9-10,12-13H,3-8H2,1-2H3;2*7H,3-6H2,1-2H3,(H,9,10). The summed E-state index contributed by atoms with van der Waals surface area (Å²) in [6, 6.07) is 0. The number of esters is 1. The van der Waals surface area contributed by atoms with Crippen LogP contribution in [0.15, 0.2) is 0 Å². The van der Waals surface area contributed by atoms with E-state index in [-0.39, 0.29) is 36.9 Å². The van der Waals surface area contributed by atoms with Gasteiger partial charge in [-0.15, -0.1) is 0 Å². The number of ether oxygens (including phenoxy) is 1. The summed E-state index contributed by atoms with van der Waals surface area (Å²) >= 11 is 0. The van der Waals surface area contributed by atoms with Crippen molar-refractivity contribution in [1.29, 1.82) is 0 Å². The molecule has 0 saturated heterocycles. The summed E-state index contributed by atoms with van der Waals surface area (Å²) in [5.41, 5.74) is 0. The second-order valence-corrected chi connectivity index (χ2v) is 8.89. The number of carboxylic acid groups (broad SMARTS) is 2. The van der Waals surface area contributed by atoms with E-state index in [9.17, 15) is 14.4 Å². The molecule has 0 spiro atoms. The van der Waals surface area contributed by atoms with Crippen LogP contribution in [-0.2, 0) is 19.1 Å². The van der Waals surface area contributed by atoms with Gasteiger partial charge in [-0.05, 0) is 38.5 Å². The van der Waals surface area contributed by atoms with E-state index in [0.717, 1.165) is 77.0 Å². The van der Waals surface area contributed by atoms with Gasteiger partial charge in [0.1, 0.15) is 12.7 Å². The highest BCUT2D eigenvalue weighted by atomic mass is 16.5. The van der Waals surface area contributed by atoms with Crippen molar-refractivity contribution in [3.63, 3.8) is 0 Å². The molecule has 0 aromatic heterocycles. The fourth-order valence-corrected chi connectivity index (χ4v) is 3.19. The van der Waals surface area contributed by atoms with Crippen LogP contribution < -0.4 is 0 Å². The molecule has 0 aliphatic heterocycles. The Hall–Kier alpha value is -1.67. The number of unbranched alkanes of at least 4 members (excludes halogenated alkanes) is 3. The molecule has 0 aromatic carbocycles. The van der Waals surface area contributed by atoms with Gasteiger partial charge < -0.3 is 25.2 Å². The van der Waals surface area contributed by atoms with Crippen molar-refractivity contribution in [1.82, 2.24) is 0 Å². The highest BCUT2D eigenvalue weighted by Gasteiger charge is 2.18. The largest absolute Gasteiger partial charge is 0.481 e. The van der Waals surface area contributed by atoms with Crippen molar-refractivity contribution in [2.24, 2.45) is 17.8 Å². The predicted octanol–water partition coefficient (Wildman–Crippen LogP) is 5.67. The zero-order valence-corrected chi connectivity index (χ0v) is 23.1. The van der Waals surface area contributed by atoms with Gasteiger partial charge in [-0.1, -0.05) is 80.1 Å². The summed E-state index contributed by atoms with van der Waals surface area (Å²) in [5, 5.41) is 34.8. The molecular formula is C27H54O8. The van der Waals surface area contributed by atoms with Gasteiger partial charge in [0.2, 0.25) is 0 Å². The molecule has 210 valence electrons. The van der Waals surface area contributed by atoms with E-state index in [0.29, 0.717) is 0 Å². The lowest BCUT2D eigenvalue weighted by Gasteiger charge is -2.15. The maximum atomic E-state index is 11.5. The molecule has 0 aliphatic rings. The van der Waals surface area contributed by atoms with Crippen LogP contribution in [0.3, 0.4) is 0 Å². The number of aliphatic carboxylic acids is 2. The lowest BCUT2D eigenvalue weighted by molar-refractivity contribution is -0.152. The zero-order chi connectivity index (χ0) is 27.6. The van der Waals surface area contributed by atoms with Gasteiger partial charge >= 0.3 is 17.9 Å². The SMILES string of the molecule is CCCCC(CC)C(=O)O.CCCCC(CC)C(=O)O.CCCCC(CC)C(=O)OCC(O)CO. The Bertz CT molecular complexity index is 483. The second kappa shape index (κ2) is 26.9. The number of aliphatic hydroxyl groups is 2. The first-order chi connectivity index (χ1) is 16.6. The zero-order valence-electron chi connectivity index (χ0n) is 23.1. The first-order valence-electron chi connectivity index (χ1n) is 13.5. The molecule has 4 N–H and O–H groups in total. The first-order valence-corrected chi connectivity index (χ1v) is 13.5. The van der Waals surface area contributed by atoms with E-state index in [1.165, 1.54) is 0 Å². The van der Waals surface area contributed by atoms with Crippen LogP contribution in [0, 0.1) is 17.8 Å². The van der Waals surface area contributed by atoms with E-state index in [1.807, 2.05) is 20.8 Å². The van der Waals surface area contributed by atoms with Crippen molar-refractivity contribution < 1.29 is 39.5 Å². The van der Waals surface area contributed by atoms with Gasteiger partial charge in [-0.25, -0.2) is 0 Å². The van der Waals surface area contributed by atoms with Gasteiger partial charge in [0.05, 0.1) is 24.4 Å². The molecule has 0 bridgehead atoms. The highest BCUT2D eigenvalue weighted by molar-refractivity contribution is 5.72. The summed E-state index contributed by atoms with van der Waals surface area (Å²) in [7, 11) is 0. The molecular weight excluding hydrogens is 452 g/mol. The second-order valence-electron chi connectivity index (χ2n) is 8.89. The lowest BCUT2D eigenvalue weighted by atomic mass is 10.00. The van der Waals surface area contributed by atoms with Gasteiger partial charge in [0, 0.05) is 0 Å². The third kappa shape index (κ3) is 23.8. The number of carbonyl (C=O) groups is 3. The van der Waals surface area contributed by atoms with Crippen LogP contribution in [0.1, 0.15) is 119 Å². The topological polar surface area (TPSA) is 141 Å². The maximum Gasteiger partial charge on any atom is 0.309 e. The third-order valence-corrected chi connectivity index (χ3v) is 5.86. The van der Waals surface area contributed by atoms with Gasteiger partial charge in [0.15, 0.2) is 0 Å². The van der Waals surface area contributed by atoms with E-state index < -0.39 is 18.0 Å². The summed E-state index contributed by atoms with van der Waals surface area (Å²) < 4.78 is 4.90. The number of rotatable bonds is 18. The van der Waals surface area contributed by atoms with Crippen molar-refractivity contribution in [3.8, 4) is 0 Å². The summed E-state index contributed by atoms with van der Waals surface area (Å²) in [6.45, 7) is 11.5. The van der Waals surface area contributed by atoms with E-state index in [1.54, 1.807) is 0 Å². The highest BCUT2D eigenvalue weighted by Crippen LogP contribution is 2.14. The number of carbonyl (C=O) groups excluding carboxylic acids is 1. The Kier molecular flexibility index (Phi) is 29.1. The summed E-state index contributed by atoms with van der Waals surface area (Å²) in [6.07, 6.45) is 10.1. The minimum absolute atomic E-state index is 0.0733. The quantitative estimate of drug-likeness (QED) is 0.174. The predicted molar refractivity (Wildman–Crippen MR) is 139 cm³/mol. The molecule has 4 atom stereocenters. The van der Waals surface area contributed by atoms with E-state index in [2.05, 4.69) is 20.8 Å². The minimum atomic E-state index is -0.961. The molecule has 0 fully saturated rings. The normalized spacial score (nSPS) is 13.7. The van der Waals surface area contributed by atoms with Crippen LogP contribution in [0.5, 0.6) is 0 Å². The summed E-state index contributed by atoms with van der Waals surface area (Å²) in [5.74, 6) is -1.85. The number of hydrogen-bond donors (Lipinski definition) is 4. The molecule has 0 aromatic rings. The average Bonchev–Trinajstić information content (AvgIpc) is 2.84. The molecule has 8 heteroatoms. The van der Waals surface area contributed by atoms with Crippen LogP contribution in [0.4, 0.5) is 0 Å². The Morgan fingerprint density at radius 2 is 1.00 bits per heavy atom. The third-order valence-electron chi connectivity index (χ3n) is 5.86. The molecule has 0 saturated carbocycles. The molecule has 8 nitrogen and oxygen atoms in total. The molecule has 0 heterocycles. The molecule has 35 heavy (non-hydrogen) atoms. The van der Waals surface area contributed by atoms with Crippen LogP contribution in [0.2, 0.25) is 0 Å². The maximum absolute atomic E-state index is 11.5. The van der Waals surface area contributed by atoms with Crippen LogP contribution in [0.25, 0.3) is 0 Å². The minimum Gasteiger partial charge on any atom is -0.481 e. The Labute approximate surface area is 213 Å². The van der Waals surface area contributed by atoms with Crippen molar-refractivity contribution >= 4 is 17.9 Å². The fraction of sp³-hybridized carbons (Fsp3) is 0.889. The summed E-state index contributed by atoms with van der Waals surface area (Å²) in [4.78, 5) is 32.4. The molecule has 0 rings (SSSR count). The number of carboxylic acids is 2. The molecule has 0 radical (unpaired) electrons. The Morgan fingerprint density at radius 3 is 1.26 bits per heavy atom. The monoisotopic (exact) mass is 506 g/mol. The van der Waals surface area contributed by atoms with Gasteiger partial charge in [0.25, 0.3) is 0 Å². The molecule has 4 unspecified atom stereocenters. The van der Waals surface area contributed by atoms with Crippen LogP contribution in [-0.4, -0.2) is 57.7 Å². The number of hydrogen-bond acceptors (Lipinski definition) is 6. The van der Waals surface area contributed by atoms with Crippen molar-refractivity contribution in [2.45, 2.75) is 125 Å². The van der Waals surface area contributed by atoms with Crippen molar-refractivity contribution in [3.05, 3.63) is 0 Å². The van der Waals surface area contributed by atoms with Gasteiger partial charge in [-0.3, -0.25) is 14.4 Å². The van der Waals surface area contributed by atoms with Crippen LogP contribution >= 0.6 is 0 Å². The lowest BCUT2D eigenvalue weighted by Crippen LogP contribution is -2.25. The first kappa shape index (κ1) is 37.9. The van der Waals surface area contributed by atoms with Gasteiger partial charge in [-0.2, -0.15) is 0 Å². The van der Waals surface area contributed by atoms with Crippen molar-refractivity contribution in [2.75, 3.05) is 13.2 Å².